The van der Waals surface area contributed by atoms with Crippen molar-refractivity contribution in [2.75, 3.05) is 7.11 Å². The van der Waals surface area contributed by atoms with E-state index in [0.717, 1.165) is 5.56 Å². The van der Waals surface area contributed by atoms with Gasteiger partial charge in [-0.3, -0.25) is 19.2 Å². The van der Waals surface area contributed by atoms with Crippen molar-refractivity contribution in [1.29, 1.82) is 0 Å². The van der Waals surface area contributed by atoms with Gasteiger partial charge in [-0.15, -0.1) is 0 Å². The maximum absolute atomic E-state index is 15.1. The van der Waals surface area contributed by atoms with E-state index in [-0.39, 0.29) is 57.0 Å². The standard InChI is InChI=1S/C50H55NO12/c1-25-18-20-33(21-19-25)49(59)62-45-31(7)46-38-36-37(45)44(56)39(34(43(36)55)24-32-16-11-10-12-17-32)51-48(58)27(3)15-13-14-26(2)40(52)29(5)42(54)30(6)41(53)28(4)35(60-9)22-23-61-50(8,63-46)47(38)57/h10-23,26,28-30,35,40-42,52-54H,24H2,1-9H3,(H,51,58). The molecule has 0 radical (unpaired) electrons. The van der Waals surface area contributed by atoms with Gasteiger partial charge in [-0.2, -0.15) is 0 Å². The van der Waals surface area contributed by atoms with Crippen molar-refractivity contribution in [3.63, 3.8) is 0 Å². The maximum Gasteiger partial charge on any atom is 0.343 e. The van der Waals surface area contributed by atoms with Crippen LogP contribution in [0.3, 0.4) is 0 Å². The van der Waals surface area contributed by atoms with Crippen LogP contribution in [0.1, 0.15) is 99.7 Å². The molecule has 3 aliphatic heterocycles. The largest absolute Gasteiger partial charge is 0.454 e. The van der Waals surface area contributed by atoms with Crippen LogP contribution in [0.5, 0.6) is 11.5 Å². The number of carbonyl (C=O) groups is 5. The molecule has 9 atom stereocenters. The van der Waals surface area contributed by atoms with Gasteiger partial charge in [-0.1, -0.05) is 94.0 Å². The molecule has 3 aromatic rings. The number of aliphatic hydroxyl groups excluding tert-OH is 3. The van der Waals surface area contributed by atoms with E-state index in [9.17, 15) is 29.7 Å². The van der Waals surface area contributed by atoms with Crippen molar-refractivity contribution in [1.82, 2.24) is 5.32 Å². The van der Waals surface area contributed by atoms with Gasteiger partial charge in [0.15, 0.2) is 5.78 Å². The number of amides is 1. The van der Waals surface area contributed by atoms with Gasteiger partial charge in [0.05, 0.1) is 58.6 Å². The van der Waals surface area contributed by atoms with Gasteiger partial charge in [0.2, 0.25) is 5.78 Å². The van der Waals surface area contributed by atoms with Crippen LogP contribution in [-0.2, 0) is 20.7 Å². The highest BCUT2D eigenvalue weighted by Crippen LogP contribution is 2.49. The van der Waals surface area contributed by atoms with Gasteiger partial charge >= 0.3 is 11.8 Å². The number of hydrogen-bond donors (Lipinski definition) is 4. The first-order chi connectivity index (χ1) is 29.8. The van der Waals surface area contributed by atoms with Gasteiger partial charge in [-0.05, 0) is 44.5 Å². The van der Waals surface area contributed by atoms with Gasteiger partial charge < -0.3 is 39.6 Å². The maximum atomic E-state index is 15.1. The molecule has 3 heterocycles. The Balaban J connectivity index is 1.56. The number of Topliss-reactive ketones (excluding diaryl/α,β-unsaturated/α-hetero) is 3. The van der Waals surface area contributed by atoms with Crippen LogP contribution in [0.2, 0.25) is 0 Å². The van der Waals surface area contributed by atoms with E-state index >= 15 is 9.59 Å². The average molecular weight is 862 g/mol. The molecule has 0 saturated carbocycles. The summed E-state index contributed by atoms with van der Waals surface area (Å²) in [6.07, 6.45) is 3.11. The summed E-state index contributed by atoms with van der Waals surface area (Å²) < 4.78 is 24.0. The number of ketones is 3. The molecule has 0 spiro atoms. The number of fused-ring (bicyclic) bond motifs is 14. The Morgan fingerprint density at radius 1 is 0.794 bits per heavy atom. The Bertz CT molecular complexity index is 2430. The summed E-state index contributed by atoms with van der Waals surface area (Å²) >= 11 is 0. The second kappa shape index (κ2) is 18.8. The summed E-state index contributed by atoms with van der Waals surface area (Å²) in [5.41, 5.74) is 0.287. The van der Waals surface area contributed by atoms with E-state index in [0.29, 0.717) is 5.56 Å². The lowest BCUT2D eigenvalue weighted by molar-refractivity contribution is -0.116. The zero-order valence-electron chi connectivity index (χ0n) is 36.9. The van der Waals surface area contributed by atoms with Crippen molar-refractivity contribution in [3.05, 3.63) is 141 Å². The molecule has 4 N–H and O–H groups in total. The van der Waals surface area contributed by atoms with E-state index in [1.54, 1.807) is 94.4 Å². The number of rotatable bonds is 5. The summed E-state index contributed by atoms with van der Waals surface area (Å²) in [6, 6.07) is 15.3. The van der Waals surface area contributed by atoms with Crippen molar-refractivity contribution in [2.45, 2.75) is 92.0 Å². The third kappa shape index (κ3) is 9.10. The van der Waals surface area contributed by atoms with Crippen molar-refractivity contribution in [2.24, 2.45) is 23.7 Å². The van der Waals surface area contributed by atoms with E-state index in [2.05, 4.69) is 5.32 Å². The molecule has 1 aliphatic carbocycles. The topological polar surface area (TPSA) is 195 Å². The quantitative estimate of drug-likeness (QED) is 0.161. The first-order valence-electron chi connectivity index (χ1n) is 21.0. The van der Waals surface area contributed by atoms with Gasteiger partial charge in [0, 0.05) is 60.8 Å². The van der Waals surface area contributed by atoms with Gasteiger partial charge in [0.1, 0.15) is 11.5 Å². The third-order valence-electron chi connectivity index (χ3n) is 12.5. The number of ether oxygens (including phenoxy) is 4. The van der Waals surface area contributed by atoms with Crippen LogP contribution in [0.25, 0.3) is 0 Å². The number of benzene rings is 3. The third-order valence-corrected chi connectivity index (χ3v) is 12.5. The first-order valence-corrected chi connectivity index (χ1v) is 21.0. The predicted molar refractivity (Wildman–Crippen MR) is 233 cm³/mol. The molecule has 7 rings (SSSR count). The minimum Gasteiger partial charge on any atom is -0.454 e. The van der Waals surface area contributed by atoms with Crippen molar-refractivity contribution in [3.8, 4) is 11.5 Å². The lowest BCUT2D eigenvalue weighted by atomic mass is 9.78. The zero-order valence-corrected chi connectivity index (χ0v) is 36.9. The summed E-state index contributed by atoms with van der Waals surface area (Å²) in [5, 5.41) is 36.7. The van der Waals surface area contributed by atoms with E-state index in [1.165, 1.54) is 46.3 Å². The van der Waals surface area contributed by atoms with E-state index in [4.69, 9.17) is 18.9 Å². The Hall–Kier alpha value is -5.99. The second-order valence-electron chi connectivity index (χ2n) is 17.0. The molecule has 0 aromatic heterocycles. The highest BCUT2D eigenvalue weighted by Gasteiger charge is 2.53. The second-order valence-corrected chi connectivity index (χ2v) is 17.0. The van der Waals surface area contributed by atoms with E-state index in [1.807, 2.05) is 6.92 Å². The molecule has 13 nitrogen and oxygen atoms in total. The van der Waals surface area contributed by atoms with Crippen LogP contribution in [0.4, 0.5) is 0 Å². The highest BCUT2D eigenvalue weighted by molar-refractivity contribution is 6.33. The normalized spacial score (nSPS) is 28.0. The molecule has 13 heteroatoms. The Labute approximate surface area is 367 Å². The number of allylic oxidation sites excluding steroid dienone is 4. The number of nitrogens with one attached hydrogen (secondary N) is 1. The molecule has 1 amide bonds. The molecular formula is C50H55NO12. The fourth-order valence-corrected chi connectivity index (χ4v) is 8.29. The summed E-state index contributed by atoms with van der Waals surface area (Å²) in [6.45, 7) is 13.0. The SMILES string of the molecule is COC1C=COC2(C)Oc3c(C)c(OC(=O)c4ccc(C)cc4)c4c(c3C2=O)C(=O)C(Cc2ccccc2)=C(NC(=O)C(C)=CC=CC(C)C(O)C(C)C(O)C(C)C(O)C1C)C4=O. The lowest BCUT2D eigenvalue weighted by Gasteiger charge is -2.36. The molecule has 3 aromatic carbocycles. The number of esters is 1. The van der Waals surface area contributed by atoms with Crippen molar-refractivity contribution < 1.29 is 58.2 Å². The van der Waals surface area contributed by atoms with Crippen LogP contribution < -0.4 is 14.8 Å². The number of carbonyl (C=O) groups excluding carboxylic acids is 5. The number of aryl methyl sites for hydroxylation is 1. The van der Waals surface area contributed by atoms with Crippen LogP contribution >= 0.6 is 0 Å². The minimum absolute atomic E-state index is 0.0449. The number of aliphatic hydroxyl groups is 3. The summed E-state index contributed by atoms with van der Waals surface area (Å²) in [7, 11) is 1.43. The van der Waals surface area contributed by atoms with Crippen LogP contribution in [0, 0.1) is 37.5 Å². The number of methoxy groups -OCH3 is 1. The molecule has 0 saturated heterocycles. The van der Waals surface area contributed by atoms with Gasteiger partial charge in [0.25, 0.3) is 11.7 Å². The Morgan fingerprint density at radius 3 is 2.08 bits per heavy atom. The Kier molecular flexibility index (Phi) is 13.9. The minimum atomic E-state index is -2.12. The Morgan fingerprint density at radius 2 is 1.43 bits per heavy atom. The fourth-order valence-electron chi connectivity index (χ4n) is 8.29. The molecule has 5 bridgehead atoms. The summed E-state index contributed by atoms with van der Waals surface area (Å²) in [4.78, 5) is 72.7. The summed E-state index contributed by atoms with van der Waals surface area (Å²) in [5.74, 6) is -9.22. The predicted octanol–water partition coefficient (Wildman–Crippen LogP) is 6.49. The molecule has 4 aliphatic rings. The molecule has 0 fully saturated rings. The fraction of sp³-hybridized carbons (Fsp3) is 0.380. The van der Waals surface area contributed by atoms with Crippen LogP contribution in [0.15, 0.2) is 102 Å². The van der Waals surface area contributed by atoms with Gasteiger partial charge in [-0.25, -0.2) is 4.79 Å². The molecule has 63 heavy (non-hydrogen) atoms. The zero-order chi connectivity index (χ0) is 46.1. The highest BCUT2D eigenvalue weighted by atomic mass is 16.7. The first kappa shape index (κ1) is 46.5. The van der Waals surface area contributed by atoms with E-state index < -0.39 is 88.7 Å². The molecule has 9 unspecified atom stereocenters. The number of hydrogen-bond acceptors (Lipinski definition) is 12. The molecule has 332 valence electrons. The smallest absolute Gasteiger partial charge is 0.343 e. The van der Waals surface area contributed by atoms with Crippen LogP contribution in [-0.4, -0.2) is 81.9 Å². The average Bonchev–Trinajstić information content (AvgIpc) is 3.53. The van der Waals surface area contributed by atoms with Crippen molar-refractivity contribution >= 4 is 29.2 Å². The lowest BCUT2D eigenvalue weighted by Crippen LogP contribution is -2.45. The monoisotopic (exact) mass is 861 g/mol. The molecular weight excluding hydrogens is 807 g/mol.